The summed E-state index contributed by atoms with van der Waals surface area (Å²) in [7, 11) is 0. The van der Waals surface area contributed by atoms with Crippen molar-refractivity contribution in [1.29, 1.82) is 5.26 Å². The van der Waals surface area contributed by atoms with Gasteiger partial charge in [0.1, 0.15) is 0 Å². The minimum atomic E-state index is -0.970. The van der Waals surface area contributed by atoms with E-state index in [1.54, 1.807) is 0 Å². The van der Waals surface area contributed by atoms with Crippen LogP contribution in [0.5, 0.6) is 0 Å². The summed E-state index contributed by atoms with van der Waals surface area (Å²) in [6.07, 6.45) is 1.19. The number of piperidine rings is 1. The van der Waals surface area contributed by atoms with Crippen LogP contribution in [0, 0.1) is 18.3 Å². The molecule has 4 rings (SSSR count). The van der Waals surface area contributed by atoms with E-state index in [1.807, 2.05) is 31.2 Å². The Kier molecular flexibility index (Phi) is 4.54. The van der Waals surface area contributed by atoms with Gasteiger partial charge in [-0.25, -0.2) is 0 Å². The first kappa shape index (κ1) is 17.2. The van der Waals surface area contributed by atoms with Gasteiger partial charge in [-0.2, -0.15) is 5.26 Å². The van der Waals surface area contributed by atoms with Crippen molar-refractivity contribution in [2.75, 3.05) is 13.2 Å². The highest BCUT2D eigenvalue weighted by Gasteiger charge is 2.48. The number of aryl methyl sites for hydroxylation is 1. The maximum Gasteiger partial charge on any atom is 0.0995 e. The minimum Gasteiger partial charge on any atom is -0.385 e. The lowest BCUT2D eigenvalue weighted by Crippen LogP contribution is -2.60. The third-order valence-corrected chi connectivity index (χ3v) is 5.77. The molecule has 2 saturated heterocycles. The molecule has 0 spiro atoms. The topological polar surface area (TPSA) is 56.5 Å². The molecule has 0 aliphatic carbocycles. The fourth-order valence-electron chi connectivity index (χ4n) is 4.68. The van der Waals surface area contributed by atoms with Crippen LogP contribution in [0.3, 0.4) is 0 Å². The number of morpholine rings is 1. The third-order valence-electron chi connectivity index (χ3n) is 5.77. The summed E-state index contributed by atoms with van der Waals surface area (Å²) in [5.74, 6) is 0. The average molecular weight is 348 g/mol. The minimum absolute atomic E-state index is 0.152. The Labute approximate surface area is 154 Å². The summed E-state index contributed by atoms with van der Waals surface area (Å²) in [4.78, 5) is 2.47. The van der Waals surface area contributed by atoms with E-state index in [1.165, 1.54) is 5.56 Å². The fourth-order valence-corrected chi connectivity index (χ4v) is 4.68. The monoisotopic (exact) mass is 348 g/mol. The van der Waals surface area contributed by atoms with Crippen molar-refractivity contribution in [2.45, 2.75) is 44.0 Å². The Hall–Kier alpha value is -2.19. The molecule has 2 heterocycles. The predicted molar refractivity (Wildman–Crippen MR) is 99.4 cm³/mol. The van der Waals surface area contributed by atoms with Crippen LogP contribution in [0.1, 0.15) is 35.1 Å². The van der Waals surface area contributed by atoms with E-state index < -0.39 is 5.60 Å². The number of fused-ring (bicyclic) bond motifs is 2. The van der Waals surface area contributed by atoms with E-state index in [2.05, 4.69) is 35.2 Å². The molecule has 0 aromatic heterocycles. The molecule has 26 heavy (non-hydrogen) atoms. The van der Waals surface area contributed by atoms with Gasteiger partial charge in [-0.15, -0.1) is 0 Å². The molecule has 2 fully saturated rings. The number of ether oxygens (including phenoxy) is 1. The molecule has 0 amide bonds. The van der Waals surface area contributed by atoms with Gasteiger partial charge in [0.15, 0.2) is 0 Å². The third kappa shape index (κ3) is 3.03. The fraction of sp³-hybridized carbons (Fsp3) is 0.409. The van der Waals surface area contributed by atoms with E-state index in [9.17, 15) is 10.4 Å². The van der Waals surface area contributed by atoms with Gasteiger partial charge in [0, 0.05) is 24.2 Å². The number of benzene rings is 2. The first-order valence-electron chi connectivity index (χ1n) is 9.21. The Morgan fingerprint density at radius 2 is 1.81 bits per heavy atom. The SMILES string of the molecule is Cc1cccc(C#N)c1C1(O)CC2COCC(C1)N2Cc1ccccc1. The van der Waals surface area contributed by atoms with Crippen LogP contribution in [0.15, 0.2) is 48.5 Å². The van der Waals surface area contributed by atoms with E-state index in [0.29, 0.717) is 31.6 Å². The number of aliphatic hydroxyl groups is 1. The Balaban J connectivity index is 1.65. The molecular weight excluding hydrogens is 324 g/mol. The molecule has 0 saturated carbocycles. The predicted octanol–water partition coefficient (Wildman–Crippen LogP) is 3.12. The number of rotatable bonds is 3. The Morgan fingerprint density at radius 3 is 2.46 bits per heavy atom. The molecular formula is C22H24N2O2. The van der Waals surface area contributed by atoms with E-state index in [0.717, 1.165) is 17.7 Å². The molecule has 1 N–H and O–H groups in total. The number of nitriles is 1. The zero-order valence-corrected chi connectivity index (χ0v) is 15.1. The second kappa shape index (κ2) is 6.85. The number of hydrogen-bond donors (Lipinski definition) is 1. The summed E-state index contributed by atoms with van der Waals surface area (Å²) < 4.78 is 5.80. The highest BCUT2D eigenvalue weighted by Crippen LogP contribution is 2.43. The summed E-state index contributed by atoms with van der Waals surface area (Å²) in [6, 6.07) is 18.7. The zero-order valence-electron chi connectivity index (χ0n) is 15.1. The van der Waals surface area contributed by atoms with Gasteiger partial charge in [-0.1, -0.05) is 42.5 Å². The first-order valence-corrected chi connectivity index (χ1v) is 9.21. The van der Waals surface area contributed by atoms with Crippen LogP contribution in [0.25, 0.3) is 0 Å². The van der Waals surface area contributed by atoms with Crippen LogP contribution < -0.4 is 0 Å². The summed E-state index contributed by atoms with van der Waals surface area (Å²) in [5, 5.41) is 21.1. The van der Waals surface area contributed by atoms with Crippen LogP contribution in [-0.2, 0) is 16.9 Å². The molecule has 134 valence electrons. The number of nitrogens with zero attached hydrogens (tertiary/aromatic N) is 2. The van der Waals surface area contributed by atoms with Crippen LogP contribution >= 0.6 is 0 Å². The van der Waals surface area contributed by atoms with Gasteiger partial charge in [0.2, 0.25) is 0 Å². The van der Waals surface area contributed by atoms with Crippen molar-refractivity contribution in [3.63, 3.8) is 0 Å². The van der Waals surface area contributed by atoms with E-state index >= 15 is 0 Å². The maximum atomic E-state index is 11.6. The van der Waals surface area contributed by atoms with E-state index in [4.69, 9.17) is 4.74 Å². The van der Waals surface area contributed by atoms with Gasteiger partial charge in [0.05, 0.1) is 30.4 Å². The van der Waals surface area contributed by atoms with Crippen LogP contribution in [-0.4, -0.2) is 35.3 Å². The molecule has 2 atom stereocenters. The highest BCUT2D eigenvalue weighted by atomic mass is 16.5. The van der Waals surface area contributed by atoms with Gasteiger partial charge < -0.3 is 9.84 Å². The van der Waals surface area contributed by atoms with Crippen molar-refractivity contribution < 1.29 is 9.84 Å². The van der Waals surface area contributed by atoms with Crippen LogP contribution in [0.4, 0.5) is 0 Å². The lowest BCUT2D eigenvalue weighted by Gasteiger charge is -2.52. The highest BCUT2D eigenvalue weighted by molar-refractivity contribution is 5.46. The molecule has 4 nitrogen and oxygen atoms in total. The Morgan fingerprint density at radius 1 is 1.12 bits per heavy atom. The standard InChI is InChI=1S/C22H24N2O2/c1-16-6-5-9-18(12-23)21(16)22(25)10-19-14-26-15-20(11-22)24(19)13-17-7-3-2-4-8-17/h2-9,19-20,25H,10-11,13-15H2,1H3. The van der Waals surface area contributed by atoms with Gasteiger partial charge in [0.25, 0.3) is 0 Å². The zero-order chi connectivity index (χ0) is 18.1. The molecule has 2 unspecified atom stereocenters. The largest absolute Gasteiger partial charge is 0.385 e. The second-order valence-electron chi connectivity index (χ2n) is 7.55. The van der Waals surface area contributed by atoms with Gasteiger partial charge in [-0.05, 0) is 37.0 Å². The molecule has 2 aromatic carbocycles. The molecule has 2 aromatic rings. The van der Waals surface area contributed by atoms with Crippen molar-refractivity contribution in [3.8, 4) is 6.07 Å². The van der Waals surface area contributed by atoms with Crippen molar-refractivity contribution in [2.24, 2.45) is 0 Å². The second-order valence-corrected chi connectivity index (χ2v) is 7.55. The summed E-state index contributed by atoms with van der Waals surface area (Å²) in [5.41, 5.74) is 2.69. The van der Waals surface area contributed by atoms with Gasteiger partial charge in [-0.3, -0.25) is 4.90 Å². The molecule has 2 aliphatic heterocycles. The average Bonchev–Trinajstić information content (AvgIpc) is 2.63. The molecule has 4 heteroatoms. The van der Waals surface area contributed by atoms with Crippen LogP contribution in [0.2, 0.25) is 0 Å². The Bertz CT molecular complexity index is 814. The molecule has 2 aliphatic rings. The van der Waals surface area contributed by atoms with Crippen molar-refractivity contribution >= 4 is 0 Å². The number of hydrogen-bond acceptors (Lipinski definition) is 4. The molecule has 2 bridgehead atoms. The van der Waals surface area contributed by atoms with Gasteiger partial charge >= 0.3 is 0 Å². The van der Waals surface area contributed by atoms with E-state index in [-0.39, 0.29) is 12.1 Å². The molecule has 0 radical (unpaired) electrons. The maximum absolute atomic E-state index is 11.6. The summed E-state index contributed by atoms with van der Waals surface area (Å²) in [6.45, 7) is 4.10. The van der Waals surface area contributed by atoms with Crippen molar-refractivity contribution in [3.05, 3.63) is 70.8 Å². The normalized spacial score (nSPS) is 28.5. The lowest BCUT2D eigenvalue weighted by atomic mass is 9.74. The quantitative estimate of drug-likeness (QED) is 0.926. The lowest BCUT2D eigenvalue weighted by molar-refractivity contribution is -0.149. The summed E-state index contributed by atoms with van der Waals surface area (Å²) >= 11 is 0. The van der Waals surface area contributed by atoms with Crippen molar-refractivity contribution in [1.82, 2.24) is 4.90 Å². The first-order chi connectivity index (χ1) is 12.6. The smallest absolute Gasteiger partial charge is 0.0995 e.